The molecule has 1 saturated heterocycles. The third-order valence-corrected chi connectivity index (χ3v) is 7.54. The van der Waals surface area contributed by atoms with Gasteiger partial charge >= 0.3 is 0 Å². The lowest BCUT2D eigenvalue weighted by molar-refractivity contribution is -0.133. The van der Waals surface area contributed by atoms with Gasteiger partial charge in [0.1, 0.15) is 6.04 Å². The number of hydrogen-bond donors (Lipinski definition) is 4. The Labute approximate surface area is 212 Å². The summed E-state index contributed by atoms with van der Waals surface area (Å²) in [6.45, 7) is 6.64. The van der Waals surface area contributed by atoms with E-state index in [1.807, 2.05) is 13.8 Å². The Morgan fingerprint density at radius 1 is 1.06 bits per heavy atom. The van der Waals surface area contributed by atoms with E-state index in [1.54, 1.807) is 0 Å². The molecule has 2 unspecified atom stereocenters. The average Bonchev–Trinajstić information content (AvgIpc) is 3.17. The van der Waals surface area contributed by atoms with Crippen LogP contribution in [0.4, 0.5) is 0 Å². The minimum absolute atomic E-state index is 0.00524. The van der Waals surface area contributed by atoms with Crippen molar-refractivity contribution in [1.29, 1.82) is 0 Å². The lowest BCUT2D eigenvalue weighted by Crippen LogP contribution is -2.53. The smallest absolute Gasteiger partial charge is 0.242 e. The molecule has 200 valence electrons. The Balaban J connectivity index is 2.20. The summed E-state index contributed by atoms with van der Waals surface area (Å²) in [6, 6.07) is -1.18. The quantitative estimate of drug-likeness (QED) is 0.289. The van der Waals surface area contributed by atoms with E-state index in [9.17, 15) is 19.5 Å². The van der Waals surface area contributed by atoms with Gasteiger partial charge in [-0.3, -0.25) is 14.4 Å². The number of nitrogens with one attached hydrogen (secondary N) is 3. The summed E-state index contributed by atoms with van der Waals surface area (Å²) in [6.07, 6.45) is 15.6. The number of carbonyl (C=O) groups excluding carboxylic acids is 3. The lowest BCUT2D eigenvalue weighted by atomic mass is 9.77. The monoisotopic (exact) mass is 491 g/mol. The summed E-state index contributed by atoms with van der Waals surface area (Å²) in [7, 11) is 0. The van der Waals surface area contributed by atoms with Crippen LogP contribution >= 0.6 is 0 Å². The van der Waals surface area contributed by atoms with Crippen molar-refractivity contribution in [3.8, 4) is 0 Å². The molecule has 1 spiro atoms. The van der Waals surface area contributed by atoms with Crippen LogP contribution in [0.1, 0.15) is 104 Å². The minimum Gasteiger partial charge on any atom is -0.394 e. The van der Waals surface area contributed by atoms with Gasteiger partial charge < -0.3 is 21.1 Å². The zero-order valence-corrected chi connectivity index (χ0v) is 22.2. The maximum atomic E-state index is 13.3. The predicted octanol–water partition coefficient (Wildman–Crippen LogP) is 4.00. The second kappa shape index (κ2) is 15.3. The fraction of sp³-hybridized carbons (Fsp3) is 0.821. The molecule has 0 bridgehead atoms. The second-order valence-electron chi connectivity index (χ2n) is 11.1. The summed E-state index contributed by atoms with van der Waals surface area (Å²) >= 11 is 0. The van der Waals surface area contributed by atoms with Crippen LogP contribution in [0, 0.1) is 17.3 Å². The number of amides is 3. The molecule has 0 aromatic heterocycles. The molecule has 2 aliphatic heterocycles. The predicted molar refractivity (Wildman–Crippen MR) is 140 cm³/mol. The van der Waals surface area contributed by atoms with Crippen LogP contribution in [-0.2, 0) is 14.4 Å². The Kier molecular flexibility index (Phi) is 12.8. The Bertz CT molecular complexity index is 708. The number of hydrogen-bond acceptors (Lipinski definition) is 4. The van der Waals surface area contributed by atoms with Gasteiger partial charge in [0.15, 0.2) is 0 Å². The van der Waals surface area contributed by atoms with Crippen molar-refractivity contribution >= 4 is 17.7 Å². The van der Waals surface area contributed by atoms with Crippen molar-refractivity contribution in [2.75, 3.05) is 13.2 Å². The normalized spacial score (nSPS) is 29.9. The van der Waals surface area contributed by atoms with Crippen LogP contribution in [0.15, 0.2) is 12.2 Å². The summed E-state index contributed by atoms with van der Waals surface area (Å²) in [5.74, 6) is -0.184. The second-order valence-corrected chi connectivity index (χ2v) is 11.1. The van der Waals surface area contributed by atoms with Crippen LogP contribution in [0.5, 0.6) is 0 Å². The van der Waals surface area contributed by atoms with Gasteiger partial charge in [0, 0.05) is 12.5 Å². The van der Waals surface area contributed by atoms with E-state index in [1.165, 1.54) is 19.3 Å². The molecule has 1 fully saturated rings. The van der Waals surface area contributed by atoms with Gasteiger partial charge in [-0.2, -0.15) is 0 Å². The van der Waals surface area contributed by atoms with Gasteiger partial charge in [0.05, 0.1) is 18.1 Å². The molecular weight excluding hydrogens is 442 g/mol. The first-order valence-electron chi connectivity index (χ1n) is 14.0. The van der Waals surface area contributed by atoms with Gasteiger partial charge in [-0.25, -0.2) is 0 Å². The molecular formula is C28H49N3O4. The highest BCUT2D eigenvalue weighted by Crippen LogP contribution is 2.36. The number of rotatable bonds is 9. The van der Waals surface area contributed by atoms with Crippen LogP contribution in [-0.4, -0.2) is 48.1 Å². The fourth-order valence-electron chi connectivity index (χ4n) is 5.43. The zero-order chi connectivity index (χ0) is 25.7. The molecule has 0 aromatic rings. The van der Waals surface area contributed by atoms with Gasteiger partial charge in [-0.1, -0.05) is 65.0 Å². The Morgan fingerprint density at radius 2 is 1.83 bits per heavy atom. The van der Waals surface area contributed by atoms with E-state index >= 15 is 0 Å². The topological polar surface area (TPSA) is 108 Å². The average molecular weight is 492 g/mol. The van der Waals surface area contributed by atoms with Crippen molar-refractivity contribution in [2.45, 2.75) is 116 Å². The summed E-state index contributed by atoms with van der Waals surface area (Å²) < 4.78 is 0. The highest BCUT2D eigenvalue weighted by atomic mass is 16.3. The van der Waals surface area contributed by atoms with Crippen LogP contribution < -0.4 is 16.0 Å². The molecule has 3 amide bonds. The minimum atomic E-state index is -0.643. The number of carbonyl (C=O) groups is 3. The molecule has 2 rings (SSSR count). The van der Waals surface area contributed by atoms with Gasteiger partial charge in [-0.15, -0.1) is 0 Å². The summed E-state index contributed by atoms with van der Waals surface area (Å²) in [4.78, 5) is 39.3. The Morgan fingerprint density at radius 3 is 2.49 bits per heavy atom. The van der Waals surface area contributed by atoms with E-state index in [0.29, 0.717) is 32.2 Å². The van der Waals surface area contributed by atoms with Gasteiger partial charge in [0.25, 0.3) is 0 Å². The highest BCUT2D eigenvalue weighted by Gasteiger charge is 2.43. The first kappa shape index (κ1) is 29.3. The molecule has 4 N–H and O–H groups in total. The van der Waals surface area contributed by atoms with Crippen LogP contribution in [0.3, 0.4) is 0 Å². The van der Waals surface area contributed by atoms with E-state index in [-0.39, 0.29) is 36.2 Å². The highest BCUT2D eigenvalue weighted by molar-refractivity contribution is 5.89. The van der Waals surface area contributed by atoms with E-state index in [2.05, 4.69) is 35.0 Å². The molecule has 0 saturated carbocycles. The number of aliphatic hydroxyl groups is 1. The number of aliphatic hydroxyl groups excluding tert-OH is 1. The molecule has 0 radical (unpaired) electrons. The molecule has 4 atom stereocenters. The van der Waals surface area contributed by atoms with E-state index in [4.69, 9.17) is 0 Å². The molecule has 0 aliphatic carbocycles. The van der Waals surface area contributed by atoms with Crippen LogP contribution in [0.25, 0.3) is 0 Å². The largest absolute Gasteiger partial charge is 0.394 e. The SMILES string of the molecule is CCCCCCCC1CCC/C=C/CC2(CCNC2=O)C[C@@H](CO)NC(=O)[C@H](CC(C)C)NC1=O. The maximum Gasteiger partial charge on any atom is 0.242 e. The lowest BCUT2D eigenvalue weighted by Gasteiger charge is -2.31. The van der Waals surface area contributed by atoms with Crippen LogP contribution in [0.2, 0.25) is 0 Å². The van der Waals surface area contributed by atoms with Crippen molar-refractivity contribution in [1.82, 2.24) is 16.0 Å². The number of unbranched alkanes of at least 4 members (excludes halogenated alkanes) is 4. The van der Waals surface area contributed by atoms with Crippen molar-refractivity contribution in [3.63, 3.8) is 0 Å². The maximum absolute atomic E-state index is 13.3. The summed E-state index contributed by atoms with van der Waals surface area (Å²) in [5.41, 5.74) is -0.616. The molecule has 2 aliphatic rings. The number of allylic oxidation sites excluding steroid dienone is 2. The standard InChI is InChI=1S/C28H49N3O4/c1-4-5-6-7-10-13-22-14-11-8-9-12-15-28(16-17-29-27(28)35)19-23(20-32)30-26(34)24(18-21(2)3)31-25(22)33/h9,12,21-24,32H,4-8,10-11,13-20H2,1-3H3,(H,29,35)(H,30,34)(H,31,33)/b12-9+/t22?,23-,24-,28?/m0/s1. The van der Waals surface area contributed by atoms with Crippen molar-refractivity contribution < 1.29 is 19.5 Å². The fourth-order valence-corrected chi connectivity index (χ4v) is 5.43. The first-order valence-corrected chi connectivity index (χ1v) is 14.0. The van der Waals surface area contributed by atoms with Crippen molar-refractivity contribution in [3.05, 3.63) is 12.2 Å². The molecule has 7 nitrogen and oxygen atoms in total. The van der Waals surface area contributed by atoms with Gasteiger partial charge in [0.2, 0.25) is 17.7 Å². The summed E-state index contributed by atoms with van der Waals surface area (Å²) in [5, 5.41) is 19.0. The van der Waals surface area contributed by atoms with E-state index in [0.717, 1.165) is 38.5 Å². The first-order chi connectivity index (χ1) is 16.8. The zero-order valence-electron chi connectivity index (χ0n) is 22.2. The third kappa shape index (κ3) is 9.59. The Hall–Kier alpha value is -1.89. The van der Waals surface area contributed by atoms with E-state index < -0.39 is 17.5 Å². The molecule has 0 aromatic carbocycles. The van der Waals surface area contributed by atoms with Gasteiger partial charge in [-0.05, 0) is 57.3 Å². The molecule has 35 heavy (non-hydrogen) atoms. The molecule has 2 heterocycles. The molecule has 7 heteroatoms. The van der Waals surface area contributed by atoms with Crippen molar-refractivity contribution in [2.24, 2.45) is 17.3 Å². The third-order valence-electron chi connectivity index (χ3n) is 7.54.